The van der Waals surface area contributed by atoms with Gasteiger partial charge in [0.15, 0.2) is 0 Å². The largest absolute Gasteiger partial charge is 0.461 e. The van der Waals surface area contributed by atoms with Crippen LogP contribution < -0.4 is 5.63 Å². The number of carbonyl (C=O) groups is 1. The van der Waals surface area contributed by atoms with E-state index in [4.69, 9.17) is 9.15 Å². The molecule has 132 valence electrons. The summed E-state index contributed by atoms with van der Waals surface area (Å²) >= 11 is 0. The number of esters is 1. The molecule has 2 aromatic rings. The van der Waals surface area contributed by atoms with Crippen LogP contribution in [0, 0.1) is 31.6 Å². The van der Waals surface area contributed by atoms with E-state index in [0.717, 1.165) is 28.0 Å². The summed E-state index contributed by atoms with van der Waals surface area (Å²) in [6.07, 6.45) is 5.59. The maximum atomic E-state index is 12.3. The smallest absolute Gasteiger partial charge is 0.336 e. The molecule has 0 saturated heterocycles. The average Bonchev–Trinajstić information content (AvgIpc) is 3.17. The average molecular weight is 340 g/mol. The van der Waals surface area contributed by atoms with Crippen LogP contribution in [0.4, 0.5) is 0 Å². The summed E-state index contributed by atoms with van der Waals surface area (Å²) < 4.78 is 10.8. The first-order valence-corrected chi connectivity index (χ1v) is 9.19. The molecule has 0 radical (unpaired) electrons. The Labute approximate surface area is 147 Å². The Morgan fingerprint density at radius 2 is 1.96 bits per heavy atom. The maximum absolute atomic E-state index is 12.3. The van der Waals surface area contributed by atoms with Crippen molar-refractivity contribution in [2.75, 3.05) is 0 Å². The third-order valence-electron chi connectivity index (χ3n) is 6.15. The lowest BCUT2D eigenvalue weighted by Gasteiger charge is -2.20. The number of benzene rings is 1. The minimum Gasteiger partial charge on any atom is -0.461 e. The minimum atomic E-state index is -0.407. The summed E-state index contributed by atoms with van der Waals surface area (Å²) in [6.45, 7) is 4.13. The van der Waals surface area contributed by atoms with Gasteiger partial charge in [-0.1, -0.05) is 6.42 Å². The highest BCUT2D eigenvalue weighted by Crippen LogP contribution is 2.49. The van der Waals surface area contributed by atoms with Crippen LogP contribution in [0.5, 0.6) is 0 Å². The zero-order chi connectivity index (χ0) is 17.6. The van der Waals surface area contributed by atoms with Gasteiger partial charge in [0.05, 0.1) is 0 Å². The first-order chi connectivity index (χ1) is 12.0. The number of fused-ring (bicyclic) bond motifs is 3. The Bertz CT molecular complexity index is 879. The van der Waals surface area contributed by atoms with Crippen molar-refractivity contribution in [1.29, 1.82) is 0 Å². The van der Waals surface area contributed by atoms with Crippen molar-refractivity contribution in [2.24, 2.45) is 17.8 Å². The van der Waals surface area contributed by atoms with Crippen LogP contribution in [0.2, 0.25) is 0 Å². The van der Waals surface area contributed by atoms with Gasteiger partial charge >= 0.3 is 11.6 Å². The summed E-state index contributed by atoms with van der Waals surface area (Å²) in [4.78, 5) is 24.1. The lowest BCUT2D eigenvalue weighted by Crippen LogP contribution is -2.17. The third-order valence-corrected chi connectivity index (χ3v) is 6.15. The molecule has 0 N–H and O–H groups in total. The lowest BCUT2D eigenvalue weighted by molar-refractivity contribution is -0.146. The highest BCUT2D eigenvalue weighted by atomic mass is 16.5. The van der Waals surface area contributed by atoms with Gasteiger partial charge in [0.25, 0.3) is 0 Å². The van der Waals surface area contributed by atoms with Crippen molar-refractivity contribution in [2.45, 2.75) is 52.6 Å². The third kappa shape index (κ3) is 3.22. The van der Waals surface area contributed by atoms with E-state index in [-0.39, 0.29) is 12.6 Å². The van der Waals surface area contributed by atoms with Crippen molar-refractivity contribution >= 4 is 16.9 Å². The molecule has 1 heterocycles. The number of rotatable bonds is 4. The number of hydrogen-bond acceptors (Lipinski definition) is 4. The fraction of sp³-hybridized carbons (Fsp3) is 0.524. The molecule has 4 nitrogen and oxygen atoms in total. The number of ether oxygens (including phenoxy) is 1. The van der Waals surface area contributed by atoms with Gasteiger partial charge in [-0.2, -0.15) is 0 Å². The highest BCUT2D eigenvalue weighted by Gasteiger charge is 2.40. The van der Waals surface area contributed by atoms with E-state index in [9.17, 15) is 9.59 Å². The Kier molecular flexibility index (Phi) is 4.14. The Hall–Kier alpha value is -2.10. The molecule has 2 saturated carbocycles. The second-order valence-electron chi connectivity index (χ2n) is 7.82. The molecule has 4 rings (SSSR count). The van der Waals surface area contributed by atoms with Crippen LogP contribution in [-0.2, 0) is 16.1 Å². The minimum absolute atomic E-state index is 0.129. The Balaban J connectivity index is 1.48. The molecule has 2 fully saturated rings. The topological polar surface area (TPSA) is 56.5 Å². The standard InChI is InChI=1S/C21H24O4/c1-12-5-18-17(10-21(23)25-19(18)6-13(12)2)11-24-20(22)9-16-8-14-3-4-15(16)7-14/h5-6,10,14-16H,3-4,7-9,11H2,1-2H3/t14-,15-,16-/m1/s1. The molecule has 2 bridgehead atoms. The molecule has 0 aliphatic heterocycles. The highest BCUT2D eigenvalue weighted by molar-refractivity contribution is 5.82. The predicted molar refractivity (Wildman–Crippen MR) is 95.3 cm³/mol. The molecule has 3 atom stereocenters. The monoisotopic (exact) mass is 340 g/mol. The van der Waals surface area contributed by atoms with Gasteiger partial charge in [0.2, 0.25) is 0 Å². The van der Waals surface area contributed by atoms with E-state index >= 15 is 0 Å². The van der Waals surface area contributed by atoms with Gasteiger partial charge in [-0.05, 0) is 74.1 Å². The molecule has 25 heavy (non-hydrogen) atoms. The van der Waals surface area contributed by atoms with Crippen LogP contribution in [0.1, 0.15) is 48.8 Å². The summed E-state index contributed by atoms with van der Waals surface area (Å²) in [6, 6.07) is 5.29. The zero-order valence-electron chi connectivity index (χ0n) is 14.8. The van der Waals surface area contributed by atoms with Gasteiger partial charge in [-0.3, -0.25) is 4.79 Å². The van der Waals surface area contributed by atoms with Gasteiger partial charge in [-0.25, -0.2) is 4.79 Å². The fourth-order valence-electron chi connectivity index (χ4n) is 4.66. The van der Waals surface area contributed by atoms with Crippen LogP contribution in [0.3, 0.4) is 0 Å². The van der Waals surface area contributed by atoms with Crippen molar-refractivity contribution < 1.29 is 13.9 Å². The van der Waals surface area contributed by atoms with E-state index in [1.807, 2.05) is 26.0 Å². The summed E-state index contributed by atoms with van der Waals surface area (Å²) in [5, 5.41) is 0.843. The summed E-state index contributed by atoms with van der Waals surface area (Å²) in [7, 11) is 0. The molecule has 2 aliphatic rings. The molecule has 2 aliphatic carbocycles. The second kappa shape index (κ2) is 6.32. The molecule has 0 unspecified atom stereocenters. The van der Waals surface area contributed by atoms with Crippen LogP contribution >= 0.6 is 0 Å². The molecule has 4 heteroatoms. The van der Waals surface area contributed by atoms with Crippen LogP contribution in [-0.4, -0.2) is 5.97 Å². The molecule has 1 aromatic carbocycles. The van der Waals surface area contributed by atoms with E-state index in [1.54, 1.807) is 0 Å². The predicted octanol–water partition coefficient (Wildman–Crippen LogP) is 4.28. The lowest BCUT2D eigenvalue weighted by atomic mass is 9.86. The quantitative estimate of drug-likeness (QED) is 0.616. The number of carbonyl (C=O) groups excluding carboxylic acids is 1. The van der Waals surface area contributed by atoms with Gasteiger partial charge < -0.3 is 9.15 Å². The fourth-order valence-corrected chi connectivity index (χ4v) is 4.66. The normalized spacial score (nSPS) is 24.8. The van der Waals surface area contributed by atoms with Crippen molar-refractivity contribution in [3.8, 4) is 0 Å². The first-order valence-electron chi connectivity index (χ1n) is 9.19. The first kappa shape index (κ1) is 16.4. The van der Waals surface area contributed by atoms with Crippen molar-refractivity contribution in [3.05, 3.63) is 45.3 Å². The van der Waals surface area contributed by atoms with E-state index in [1.165, 1.54) is 31.7 Å². The summed E-state index contributed by atoms with van der Waals surface area (Å²) in [5.41, 5.74) is 3.05. The van der Waals surface area contributed by atoms with Crippen molar-refractivity contribution in [3.63, 3.8) is 0 Å². The van der Waals surface area contributed by atoms with Crippen LogP contribution in [0.25, 0.3) is 11.0 Å². The van der Waals surface area contributed by atoms with E-state index in [0.29, 0.717) is 23.8 Å². The molecule has 0 spiro atoms. The SMILES string of the molecule is Cc1cc2oc(=O)cc(COC(=O)C[C@H]3C[C@@H]4CC[C@@H]3C4)c2cc1C. The molecule has 0 amide bonds. The van der Waals surface area contributed by atoms with Crippen molar-refractivity contribution in [1.82, 2.24) is 0 Å². The second-order valence-corrected chi connectivity index (χ2v) is 7.82. The van der Waals surface area contributed by atoms with Gasteiger partial charge in [0, 0.05) is 23.4 Å². The molecular weight excluding hydrogens is 316 g/mol. The summed E-state index contributed by atoms with van der Waals surface area (Å²) in [5.74, 6) is 1.89. The molecule has 1 aromatic heterocycles. The van der Waals surface area contributed by atoms with E-state index in [2.05, 4.69) is 0 Å². The van der Waals surface area contributed by atoms with Gasteiger partial charge in [-0.15, -0.1) is 0 Å². The number of aryl methyl sites for hydroxylation is 2. The van der Waals surface area contributed by atoms with Crippen LogP contribution in [0.15, 0.2) is 27.4 Å². The van der Waals surface area contributed by atoms with E-state index < -0.39 is 5.63 Å². The number of hydrogen-bond donors (Lipinski definition) is 0. The Morgan fingerprint density at radius 3 is 2.68 bits per heavy atom. The Morgan fingerprint density at radius 1 is 1.16 bits per heavy atom. The molecular formula is C21H24O4. The zero-order valence-corrected chi connectivity index (χ0v) is 14.8. The van der Waals surface area contributed by atoms with Gasteiger partial charge in [0.1, 0.15) is 12.2 Å². The maximum Gasteiger partial charge on any atom is 0.336 e.